The van der Waals surface area contributed by atoms with Gasteiger partial charge in [0, 0.05) is 18.3 Å². The number of hydrogen-bond donors (Lipinski definition) is 1. The second kappa shape index (κ2) is 5.00. The quantitative estimate of drug-likeness (QED) is 0.873. The lowest BCUT2D eigenvalue weighted by molar-refractivity contribution is -0.138. The summed E-state index contributed by atoms with van der Waals surface area (Å²) in [5.41, 5.74) is 5.08. The molecule has 2 aromatic rings. The fourth-order valence-corrected chi connectivity index (χ4v) is 1.72. The molecule has 3 nitrogen and oxygen atoms in total. The average molecular weight is 273 g/mol. The van der Waals surface area contributed by atoms with Crippen molar-refractivity contribution in [2.75, 3.05) is 0 Å². The molecule has 0 aliphatic rings. The Balaban J connectivity index is 2.34. The predicted octanol–water partition coefficient (Wildman–Crippen LogP) is 2.55. The Bertz CT molecular complexity index is 575. The molecular weight excluding hydrogens is 262 g/mol. The Kier molecular flexibility index (Phi) is 3.57. The summed E-state index contributed by atoms with van der Waals surface area (Å²) in [4.78, 5) is 0. The van der Waals surface area contributed by atoms with Crippen LogP contribution < -0.4 is 5.73 Å². The van der Waals surface area contributed by atoms with Crippen LogP contribution in [-0.4, -0.2) is 9.78 Å². The van der Waals surface area contributed by atoms with Gasteiger partial charge in [-0.1, -0.05) is 6.07 Å². The zero-order chi connectivity index (χ0) is 14.0. The maximum Gasteiger partial charge on any atom is 0.416 e. The van der Waals surface area contributed by atoms with Crippen LogP contribution in [0.2, 0.25) is 0 Å². The maximum absolute atomic E-state index is 12.9. The summed E-state index contributed by atoms with van der Waals surface area (Å²) in [7, 11) is 0. The Morgan fingerprint density at radius 2 is 2.00 bits per heavy atom. The van der Waals surface area contributed by atoms with Gasteiger partial charge in [-0.3, -0.25) is 4.68 Å². The van der Waals surface area contributed by atoms with E-state index < -0.39 is 17.6 Å². The van der Waals surface area contributed by atoms with Gasteiger partial charge < -0.3 is 5.73 Å². The standard InChI is InChI=1S/C12H11F4N3/c13-10-2-1-9(11(3-10)12(14,15)16)7-19-6-8(4-17)5-18-19/h1-3,5-6H,4,7,17H2. The van der Waals surface area contributed by atoms with E-state index >= 15 is 0 Å². The van der Waals surface area contributed by atoms with E-state index in [-0.39, 0.29) is 18.7 Å². The van der Waals surface area contributed by atoms with Gasteiger partial charge in [-0.15, -0.1) is 0 Å². The van der Waals surface area contributed by atoms with Gasteiger partial charge in [-0.05, 0) is 17.7 Å². The summed E-state index contributed by atoms with van der Waals surface area (Å²) in [5.74, 6) is -0.917. The van der Waals surface area contributed by atoms with Gasteiger partial charge in [0.25, 0.3) is 0 Å². The minimum absolute atomic E-state index is 0.0411. The van der Waals surface area contributed by atoms with Gasteiger partial charge in [0.15, 0.2) is 0 Å². The summed E-state index contributed by atoms with van der Waals surface area (Å²) in [5, 5.41) is 3.90. The summed E-state index contributed by atoms with van der Waals surface area (Å²) in [6.45, 7) is 0.171. The number of alkyl halides is 3. The van der Waals surface area contributed by atoms with Gasteiger partial charge in [0.2, 0.25) is 0 Å². The van der Waals surface area contributed by atoms with Gasteiger partial charge in [0.1, 0.15) is 5.82 Å². The van der Waals surface area contributed by atoms with E-state index in [0.29, 0.717) is 6.07 Å². The highest BCUT2D eigenvalue weighted by Gasteiger charge is 2.33. The third-order valence-corrected chi connectivity index (χ3v) is 2.63. The van der Waals surface area contributed by atoms with Crippen molar-refractivity contribution < 1.29 is 17.6 Å². The second-order valence-corrected chi connectivity index (χ2v) is 4.05. The topological polar surface area (TPSA) is 43.8 Å². The molecule has 102 valence electrons. The predicted molar refractivity (Wildman–Crippen MR) is 60.6 cm³/mol. The van der Waals surface area contributed by atoms with E-state index in [4.69, 9.17) is 5.73 Å². The number of halogens is 4. The van der Waals surface area contributed by atoms with Crippen LogP contribution in [-0.2, 0) is 19.3 Å². The molecule has 2 rings (SSSR count). The lowest BCUT2D eigenvalue weighted by atomic mass is 10.1. The molecule has 0 amide bonds. The third-order valence-electron chi connectivity index (χ3n) is 2.63. The summed E-state index contributed by atoms with van der Waals surface area (Å²) >= 11 is 0. The van der Waals surface area contributed by atoms with Gasteiger partial charge in [0.05, 0.1) is 18.3 Å². The van der Waals surface area contributed by atoms with Gasteiger partial charge in [-0.2, -0.15) is 18.3 Å². The van der Waals surface area contributed by atoms with E-state index in [2.05, 4.69) is 5.10 Å². The lowest BCUT2D eigenvalue weighted by Gasteiger charge is -2.12. The number of hydrogen-bond acceptors (Lipinski definition) is 2. The molecule has 0 bridgehead atoms. The van der Waals surface area contributed by atoms with E-state index in [1.165, 1.54) is 10.9 Å². The first kappa shape index (κ1) is 13.5. The fourth-order valence-electron chi connectivity index (χ4n) is 1.72. The van der Waals surface area contributed by atoms with E-state index in [1.807, 2.05) is 0 Å². The van der Waals surface area contributed by atoms with Crippen LogP contribution in [0.3, 0.4) is 0 Å². The number of nitrogens with two attached hydrogens (primary N) is 1. The van der Waals surface area contributed by atoms with Crippen molar-refractivity contribution in [2.24, 2.45) is 5.73 Å². The maximum atomic E-state index is 12.9. The molecule has 0 atom stereocenters. The van der Waals surface area contributed by atoms with Crippen LogP contribution >= 0.6 is 0 Å². The zero-order valence-electron chi connectivity index (χ0n) is 9.78. The molecule has 1 heterocycles. The molecular formula is C12H11F4N3. The molecule has 0 radical (unpaired) electrons. The largest absolute Gasteiger partial charge is 0.416 e. The Morgan fingerprint density at radius 1 is 1.26 bits per heavy atom. The molecule has 0 aliphatic heterocycles. The number of aromatic nitrogens is 2. The Hall–Kier alpha value is -1.89. The first-order chi connectivity index (χ1) is 8.90. The molecule has 19 heavy (non-hydrogen) atoms. The third kappa shape index (κ3) is 3.11. The second-order valence-electron chi connectivity index (χ2n) is 4.05. The first-order valence-corrected chi connectivity index (χ1v) is 5.47. The molecule has 0 aliphatic carbocycles. The van der Waals surface area contributed by atoms with Crippen molar-refractivity contribution in [1.29, 1.82) is 0 Å². The van der Waals surface area contributed by atoms with Gasteiger partial charge in [-0.25, -0.2) is 4.39 Å². The summed E-state index contributed by atoms with van der Waals surface area (Å²) < 4.78 is 52.6. The van der Waals surface area contributed by atoms with Crippen molar-refractivity contribution >= 4 is 0 Å². The van der Waals surface area contributed by atoms with Crippen molar-refractivity contribution in [3.63, 3.8) is 0 Å². The number of nitrogens with zero attached hydrogens (tertiary/aromatic N) is 2. The zero-order valence-corrected chi connectivity index (χ0v) is 9.78. The molecule has 0 fully saturated rings. The molecule has 0 unspecified atom stereocenters. The monoisotopic (exact) mass is 273 g/mol. The van der Waals surface area contributed by atoms with Crippen LogP contribution in [0, 0.1) is 5.82 Å². The Morgan fingerprint density at radius 3 is 2.58 bits per heavy atom. The normalized spacial score (nSPS) is 11.8. The van der Waals surface area contributed by atoms with Crippen LogP contribution in [0.4, 0.5) is 17.6 Å². The number of benzene rings is 1. The van der Waals surface area contributed by atoms with Crippen molar-refractivity contribution in [1.82, 2.24) is 9.78 Å². The number of rotatable bonds is 3. The van der Waals surface area contributed by atoms with Crippen molar-refractivity contribution in [2.45, 2.75) is 19.3 Å². The van der Waals surface area contributed by atoms with Crippen LogP contribution in [0.25, 0.3) is 0 Å². The lowest BCUT2D eigenvalue weighted by Crippen LogP contribution is -2.12. The van der Waals surface area contributed by atoms with Crippen LogP contribution in [0.15, 0.2) is 30.6 Å². The van der Waals surface area contributed by atoms with Crippen LogP contribution in [0.1, 0.15) is 16.7 Å². The molecule has 7 heteroatoms. The minimum Gasteiger partial charge on any atom is -0.326 e. The SMILES string of the molecule is NCc1cnn(Cc2ccc(F)cc2C(F)(F)F)c1. The summed E-state index contributed by atoms with van der Waals surface area (Å²) in [6, 6.07) is 2.60. The Labute approximate surface area is 106 Å². The molecule has 2 N–H and O–H groups in total. The van der Waals surface area contributed by atoms with E-state index in [0.717, 1.165) is 17.7 Å². The highest BCUT2D eigenvalue weighted by atomic mass is 19.4. The molecule has 0 saturated carbocycles. The van der Waals surface area contributed by atoms with Crippen molar-refractivity contribution in [3.8, 4) is 0 Å². The summed E-state index contributed by atoms with van der Waals surface area (Å²) in [6.07, 6.45) is -1.55. The van der Waals surface area contributed by atoms with E-state index in [9.17, 15) is 17.6 Å². The highest BCUT2D eigenvalue weighted by molar-refractivity contribution is 5.30. The average Bonchev–Trinajstić information content (AvgIpc) is 2.78. The smallest absolute Gasteiger partial charge is 0.326 e. The van der Waals surface area contributed by atoms with Gasteiger partial charge >= 0.3 is 6.18 Å². The van der Waals surface area contributed by atoms with Crippen LogP contribution in [0.5, 0.6) is 0 Å². The molecule has 1 aromatic heterocycles. The fraction of sp³-hybridized carbons (Fsp3) is 0.250. The molecule has 0 saturated heterocycles. The molecule has 1 aromatic carbocycles. The highest BCUT2D eigenvalue weighted by Crippen LogP contribution is 2.32. The minimum atomic E-state index is -4.60. The first-order valence-electron chi connectivity index (χ1n) is 5.47. The van der Waals surface area contributed by atoms with Crippen molar-refractivity contribution in [3.05, 3.63) is 53.1 Å². The molecule has 0 spiro atoms. The van der Waals surface area contributed by atoms with E-state index in [1.54, 1.807) is 6.20 Å².